The summed E-state index contributed by atoms with van der Waals surface area (Å²) < 4.78 is 88.8. The first-order valence-electron chi connectivity index (χ1n) is 30.8. The summed E-state index contributed by atoms with van der Waals surface area (Å²) >= 11 is 0. The van der Waals surface area contributed by atoms with E-state index in [1.54, 1.807) is 0 Å². The van der Waals surface area contributed by atoms with Gasteiger partial charge >= 0.3 is 0 Å². The van der Waals surface area contributed by atoms with Crippen molar-refractivity contribution < 1.29 is 193 Å². The van der Waals surface area contributed by atoms with E-state index in [1.807, 2.05) is 0 Å². The van der Waals surface area contributed by atoms with Crippen LogP contribution in [0.2, 0.25) is 0 Å². The van der Waals surface area contributed by atoms with Crippen LogP contribution in [0.4, 0.5) is 0 Å². The van der Waals surface area contributed by atoms with E-state index < -0.39 is 303 Å². The maximum Gasteiger partial charge on any atom is 0.217 e. The van der Waals surface area contributed by atoms with Crippen LogP contribution >= 0.6 is 0 Å². The van der Waals surface area contributed by atoms with Gasteiger partial charge in [0.15, 0.2) is 50.3 Å². The van der Waals surface area contributed by atoms with Crippen molar-refractivity contribution in [3.05, 3.63) is 0 Å². The van der Waals surface area contributed by atoms with Crippen LogP contribution in [0.5, 0.6) is 0 Å². The number of carbonyl (C=O) groups is 3. The zero-order valence-corrected chi connectivity index (χ0v) is 52.1. The first kappa shape index (κ1) is 78.7. The van der Waals surface area contributed by atoms with Gasteiger partial charge in [0, 0.05) is 20.8 Å². The first-order valence-corrected chi connectivity index (χ1v) is 30.8. The Morgan fingerprint density at radius 2 is 0.625 bits per heavy atom. The van der Waals surface area contributed by atoms with Crippen LogP contribution < -0.4 is 16.0 Å². The molecule has 0 spiro atoms. The van der Waals surface area contributed by atoms with Gasteiger partial charge in [-0.05, 0) is 13.8 Å². The Morgan fingerprint density at radius 3 is 1.12 bits per heavy atom. The zero-order chi connectivity index (χ0) is 70.8. The number of ether oxygens (including phenoxy) is 15. The number of nitrogens with one attached hydrogen (secondary N) is 3. The normalized spacial score (nSPS) is 50.3. The summed E-state index contributed by atoms with van der Waals surface area (Å²) in [5, 5.41) is 237. The van der Waals surface area contributed by atoms with Gasteiger partial charge in [0.2, 0.25) is 17.7 Å². The third-order valence-corrected chi connectivity index (χ3v) is 17.8. The molecule has 8 fully saturated rings. The van der Waals surface area contributed by atoms with Crippen molar-refractivity contribution in [2.24, 2.45) is 0 Å². The SMILES string of the molecule is CC(=O)N[C@@H]1[C@@H](O[C@@H]2O[C@H](CO)[C@H](O)[C@H](O)[C@H]2O)[C@@H](O)[C@@H](CO[C@@H]2O[C@H](CO)[C@@H](O[C@@H]3O[C@H](CO)[C@H](O)[C@H](O[C@@H]4O[C@H](CO)[C@@H](O)[C@H](O[C@@H]5O[C@H](CO)[C@H](O)[C@H](O)[C@H]5O[C@@H]5O[C@@H](C)[C@@H](O)[C@@H](O)[C@@H]5O)[C@H]4NC(C)=O)[C@H]3O)[C@H](O[C@@H]3O[C@@H](C)[C@@H](O)[C@@H](O)[C@@H]3O)[C@H]2NC(C)=O)O[C@@H]1O. The number of aliphatic hydroxyl groups is 21. The molecular formula is C54H91N3O39. The van der Waals surface area contributed by atoms with Crippen LogP contribution in [-0.2, 0) is 85.4 Å². The van der Waals surface area contributed by atoms with Crippen molar-refractivity contribution in [3.8, 4) is 0 Å². The number of aliphatic hydroxyl groups excluding tert-OH is 21. The molecule has 8 aliphatic rings. The number of amides is 3. The van der Waals surface area contributed by atoms with E-state index in [-0.39, 0.29) is 0 Å². The van der Waals surface area contributed by atoms with Crippen LogP contribution in [-0.4, -0.2) is 410 Å². The van der Waals surface area contributed by atoms with Gasteiger partial charge in [0.05, 0.1) is 51.8 Å². The first-order chi connectivity index (χ1) is 45.3. The van der Waals surface area contributed by atoms with E-state index in [1.165, 1.54) is 13.8 Å². The number of hydrogen-bond acceptors (Lipinski definition) is 39. The van der Waals surface area contributed by atoms with E-state index >= 15 is 0 Å². The van der Waals surface area contributed by atoms with E-state index in [0.717, 1.165) is 20.8 Å². The summed E-state index contributed by atoms with van der Waals surface area (Å²) in [6.45, 7) is -0.702. The highest BCUT2D eigenvalue weighted by Crippen LogP contribution is 2.39. The van der Waals surface area contributed by atoms with Gasteiger partial charge < -0.3 is 194 Å². The van der Waals surface area contributed by atoms with Crippen LogP contribution in [0.3, 0.4) is 0 Å². The summed E-state index contributed by atoms with van der Waals surface area (Å²) in [5.74, 6) is -2.65. The van der Waals surface area contributed by atoms with Gasteiger partial charge in [-0.25, -0.2) is 0 Å². The molecule has 8 rings (SSSR count). The van der Waals surface area contributed by atoms with Gasteiger partial charge in [-0.2, -0.15) is 0 Å². The molecule has 0 aromatic rings. The van der Waals surface area contributed by atoms with E-state index in [0.29, 0.717) is 0 Å². The molecule has 556 valence electrons. The fourth-order valence-electron chi connectivity index (χ4n) is 12.5. The zero-order valence-electron chi connectivity index (χ0n) is 52.1. The quantitative estimate of drug-likeness (QED) is 0.0452. The summed E-state index contributed by atoms with van der Waals surface area (Å²) in [6, 6.07) is -5.43. The molecule has 0 unspecified atom stereocenters. The number of rotatable bonds is 23. The predicted octanol–water partition coefficient (Wildman–Crippen LogP) is -16.0. The Morgan fingerprint density at radius 1 is 0.292 bits per heavy atom. The Labute approximate surface area is 545 Å². The van der Waals surface area contributed by atoms with Crippen LogP contribution in [0.25, 0.3) is 0 Å². The lowest BCUT2D eigenvalue weighted by atomic mass is 9.93. The van der Waals surface area contributed by atoms with Gasteiger partial charge in [0.1, 0.15) is 183 Å². The van der Waals surface area contributed by atoms with Crippen molar-refractivity contribution in [2.45, 2.75) is 280 Å². The van der Waals surface area contributed by atoms with Gasteiger partial charge in [-0.15, -0.1) is 0 Å². The van der Waals surface area contributed by atoms with Crippen molar-refractivity contribution in [1.82, 2.24) is 16.0 Å². The minimum absolute atomic E-state index is 0.808. The Balaban J connectivity index is 1.09. The molecule has 0 aromatic heterocycles. The molecule has 24 N–H and O–H groups in total. The maximum atomic E-state index is 13.3. The molecule has 0 aliphatic carbocycles. The lowest BCUT2D eigenvalue weighted by molar-refractivity contribution is -0.393. The monoisotopic (exact) mass is 1410 g/mol. The molecule has 8 saturated heterocycles. The fraction of sp³-hybridized carbons (Fsp3) is 0.944. The third kappa shape index (κ3) is 17.0. The molecule has 8 aliphatic heterocycles. The smallest absolute Gasteiger partial charge is 0.217 e. The molecule has 0 aromatic carbocycles. The fourth-order valence-corrected chi connectivity index (χ4v) is 12.5. The molecule has 0 radical (unpaired) electrons. The maximum absolute atomic E-state index is 13.3. The van der Waals surface area contributed by atoms with E-state index in [9.17, 15) is 122 Å². The molecule has 96 heavy (non-hydrogen) atoms. The van der Waals surface area contributed by atoms with Crippen molar-refractivity contribution >= 4 is 17.7 Å². The summed E-state index contributed by atoms with van der Waals surface area (Å²) in [4.78, 5) is 38.7. The van der Waals surface area contributed by atoms with Crippen LogP contribution in [0.1, 0.15) is 34.6 Å². The second kappa shape index (κ2) is 33.8. The lowest BCUT2D eigenvalue weighted by Gasteiger charge is -2.51. The predicted molar refractivity (Wildman–Crippen MR) is 296 cm³/mol. The third-order valence-electron chi connectivity index (χ3n) is 17.8. The number of hydrogen-bond donors (Lipinski definition) is 24. The average molecular weight is 1410 g/mol. The van der Waals surface area contributed by atoms with Crippen LogP contribution in [0.15, 0.2) is 0 Å². The molecule has 42 heteroatoms. The largest absolute Gasteiger partial charge is 0.394 e. The van der Waals surface area contributed by atoms with Crippen molar-refractivity contribution in [2.75, 3.05) is 39.6 Å². The standard InChI is InChI=1S/C54H91N3O39/c1-12-26(66)33(73)37(77)50(83-12)94-44-25(57-16(5)65)48(82-11-22-32(72)42(23(47(81)85-22)55-14(3)63)92-52-39(79)35(75)28(68)17(6-58)87-52)90-21(10-62)41(44)91-53-40(80)45(31(71)20(9-61)88-53)95-49-24(56-15(4)64)43(30(70)19(8-60)86-49)93-54-46(36(76)29(69)18(7-59)89-54)96-51-38(78)34(74)27(67)13(2)84-51/h12-13,17-54,58-62,66-81H,6-11H2,1-5H3,(H,55,63)(H,56,64)(H,57,65)/t12-,13-,17+,18+,19+,20+,21+,22+,23+,24+,25+,26+,27+,28-,29-,30+,31-,32-,33+,34+,35-,36-,37-,38-,39+,40+,41+,42+,43+,44+,45-,46+,47-,48+,49-,50-,51-,52-,53-,54-/m0/s1. The molecule has 0 saturated carbocycles. The van der Waals surface area contributed by atoms with Crippen molar-refractivity contribution in [1.29, 1.82) is 0 Å². The Hall–Kier alpha value is -3.03. The molecule has 40 atom stereocenters. The Kier molecular flexibility index (Phi) is 27.7. The second-order valence-corrected chi connectivity index (χ2v) is 24.6. The molecule has 42 nitrogen and oxygen atoms in total. The van der Waals surface area contributed by atoms with Gasteiger partial charge in [-0.3, -0.25) is 14.4 Å². The van der Waals surface area contributed by atoms with Crippen molar-refractivity contribution in [3.63, 3.8) is 0 Å². The van der Waals surface area contributed by atoms with Crippen LogP contribution in [0, 0.1) is 0 Å². The lowest BCUT2D eigenvalue weighted by Crippen LogP contribution is -2.71. The summed E-state index contributed by atoms with van der Waals surface area (Å²) in [6.07, 6.45) is -71.7. The topological polar surface area (TPSA) is 651 Å². The van der Waals surface area contributed by atoms with E-state index in [2.05, 4.69) is 16.0 Å². The minimum atomic E-state index is -2.39. The highest BCUT2D eigenvalue weighted by atomic mass is 16.8. The van der Waals surface area contributed by atoms with Gasteiger partial charge in [-0.1, -0.05) is 0 Å². The number of carbonyl (C=O) groups excluding carboxylic acids is 3. The minimum Gasteiger partial charge on any atom is -0.394 e. The Bertz CT molecular complexity index is 2470. The second-order valence-electron chi connectivity index (χ2n) is 24.6. The molecule has 0 bridgehead atoms. The molecule has 8 heterocycles. The molecular weight excluding hydrogens is 1310 g/mol. The highest BCUT2D eigenvalue weighted by Gasteiger charge is 2.60. The average Bonchev–Trinajstić information content (AvgIpc) is 0.774. The van der Waals surface area contributed by atoms with Gasteiger partial charge in [0.25, 0.3) is 0 Å². The summed E-state index contributed by atoms with van der Waals surface area (Å²) in [5.41, 5.74) is 0. The van der Waals surface area contributed by atoms with E-state index in [4.69, 9.17) is 71.1 Å². The summed E-state index contributed by atoms with van der Waals surface area (Å²) in [7, 11) is 0. The highest BCUT2D eigenvalue weighted by molar-refractivity contribution is 5.74. The molecule has 3 amide bonds.